The van der Waals surface area contributed by atoms with E-state index in [4.69, 9.17) is 9.47 Å². The van der Waals surface area contributed by atoms with Gasteiger partial charge in [-0.3, -0.25) is 0 Å². The number of allylic oxidation sites excluding steroid dienone is 1. The summed E-state index contributed by atoms with van der Waals surface area (Å²) in [6, 6.07) is 20.8. The summed E-state index contributed by atoms with van der Waals surface area (Å²) in [4.78, 5) is 0. The first kappa shape index (κ1) is 23.0. The van der Waals surface area contributed by atoms with Crippen molar-refractivity contribution in [2.24, 2.45) is 11.3 Å². The van der Waals surface area contributed by atoms with Crippen LogP contribution in [0.15, 0.2) is 66.7 Å². The maximum absolute atomic E-state index is 10.1. The Hall–Kier alpha value is -3.40. The maximum atomic E-state index is 10.1. The van der Waals surface area contributed by atoms with E-state index in [2.05, 4.69) is 19.1 Å². The van der Waals surface area contributed by atoms with Gasteiger partial charge >= 0.3 is 0 Å². The number of ether oxygens (including phenoxy) is 2. The largest absolute Gasteiger partial charge is 0.508 e. The third-order valence-electron chi connectivity index (χ3n) is 8.80. The molecule has 2 fully saturated rings. The van der Waals surface area contributed by atoms with Crippen molar-refractivity contribution >= 4 is 11.1 Å². The molecule has 1 aliphatic heterocycles. The lowest BCUT2D eigenvalue weighted by atomic mass is 9.54. The highest BCUT2D eigenvalue weighted by molar-refractivity contribution is 5.95. The van der Waals surface area contributed by atoms with Gasteiger partial charge in [0.25, 0.3) is 0 Å². The fourth-order valence-electron chi connectivity index (χ4n) is 6.56. The lowest BCUT2D eigenvalue weighted by Gasteiger charge is -2.52. The smallest absolute Gasteiger partial charge is 0.150 e. The molecule has 186 valence electrons. The molecule has 2 atom stereocenters. The van der Waals surface area contributed by atoms with E-state index in [1.54, 1.807) is 24.3 Å². The molecule has 0 aromatic heterocycles. The van der Waals surface area contributed by atoms with E-state index in [1.165, 1.54) is 44.9 Å². The summed E-state index contributed by atoms with van der Waals surface area (Å²) in [5.74, 6) is 2.68. The fraction of sp³-hybridized carbons (Fsp3) is 0.375. The van der Waals surface area contributed by atoms with E-state index in [0.717, 1.165) is 40.2 Å². The van der Waals surface area contributed by atoms with Gasteiger partial charge in [0.05, 0.1) is 6.61 Å². The first-order valence-corrected chi connectivity index (χ1v) is 13.3. The van der Waals surface area contributed by atoms with Gasteiger partial charge in [0.2, 0.25) is 0 Å². The van der Waals surface area contributed by atoms with Crippen molar-refractivity contribution in [1.29, 1.82) is 0 Å². The SMILES string of the molecule is CC1=C(c2ccc(O)cc2)[C@H](c2ccc(OCC3CCC34CCCCC4)cc2)Oc2cc(O)ccc21. The van der Waals surface area contributed by atoms with E-state index in [9.17, 15) is 10.2 Å². The summed E-state index contributed by atoms with van der Waals surface area (Å²) in [5.41, 5.74) is 5.67. The molecular formula is C32H34O4. The molecule has 2 aliphatic carbocycles. The van der Waals surface area contributed by atoms with Crippen molar-refractivity contribution in [3.8, 4) is 23.0 Å². The number of hydrogen-bond donors (Lipinski definition) is 2. The Labute approximate surface area is 213 Å². The summed E-state index contributed by atoms with van der Waals surface area (Å²) in [5, 5.41) is 19.9. The van der Waals surface area contributed by atoms with Gasteiger partial charge < -0.3 is 19.7 Å². The Balaban J connectivity index is 1.25. The second kappa shape index (κ2) is 9.24. The minimum Gasteiger partial charge on any atom is -0.508 e. The lowest BCUT2D eigenvalue weighted by Crippen LogP contribution is -2.44. The zero-order valence-electron chi connectivity index (χ0n) is 20.9. The number of benzene rings is 3. The monoisotopic (exact) mass is 482 g/mol. The summed E-state index contributed by atoms with van der Waals surface area (Å²) >= 11 is 0. The average Bonchev–Trinajstić information content (AvgIpc) is 2.89. The molecule has 0 bridgehead atoms. The van der Waals surface area contributed by atoms with E-state index in [0.29, 0.717) is 17.1 Å². The summed E-state index contributed by atoms with van der Waals surface area (Å²) < 4.78 is 12.8. The molecule has 2 saturated carbocycles. The summed E-state index contributed by atoms with van der Waals surface area (Å²) in [7, 11) is 0. The molecule has 3 aliphatic rings. The molecule has 1 unspecified atom stereocenters. The zero-order chi connectivity index (χ0) is 24.7. The predicted octanol–water partition coefficient (Wildman–Crippen LogP) is 7.90. The van der Waals surface area contributed by atoms with Crippen LogP contribution in [0.1, 0.15) is 74.7 Å². The molecule has 2 N–H and O–H groups in total. The molecular weight excluding hydrogens is 448 g/mol. The van der Waals surface area contributed by atoms with Crippen LogP contribution in [-0.2, 0) is 0 Å². The van der Waals surface area contributed by atoms with Crippen LogP contribution in [0.5, 0.6) is 23.0 Å². The van der Waals surface area contributed by atoms with Crippen LogP contribution in [0.25, 0.3) is 11.1 Å². The predicted molar refractivity (Wildman–Crippen MR) is 142 cm³/mol. The Bertz CT molecular complexity index is 1270. The van der Waals surface area contributed by atoms with Gasteiger partial charge in [0.15, 0.2) is 0 Å². The van der Waals surface area contributed by atoms with Crippen LogP contribution in [0.4, 0.5) is 0 Å². The molecule has 3 aromatic rings. The van der Waals surface area contributed by atoms with Crippen LogP contribution in [-0.4, -0.2) is 16.8 Å². The van der Waals surface area contributed by atoms with Crippen molar-refractivity contribution in [3.05, 3.63) is 83.4 Å². The third-order valence-corrected chi connectivity index (χ3v) is 8.80. The Morgan fingerprint density at radius 1 is 0.861 bits per heavy atom. The van der Waals surface area contributed by atoms with Crippen molar-refractivity contribution in [3.63, 3.8) is 0 Å². The molecule has 4 nitrogen and oxygen atoms in total. The van der Waals surface area contributed by atoms with E-state index in [-0.39, 0.29) is 17.6 Å². The van der Waals surface area contributed by atoms with Crippen LogP contribution < -0.4 is 9.47 Å². The second-order valence-electron chi connectivity index (χ2n) is 10.8. The number of fused-ring (bicyclic) bond motifs is 1. The average molecular weight is 483 g/mol. The highest BCUT2D eigenvalue weighted by Crippen LogP contribution is 2.56. The van der Waals surface area contributed by atoms with Gasteiger partial charge in [-0.25, -0.2) is 0 Å². The minimum atomic E-state index is -0.338. The first-order valence-electron chi connectivity index (χ1n) is 13.3. The fourth-order valence-corrected chi connectivity index (χ4v) is 6.56. The van der Waals surface area contributed by atoms with Crippen LogP contribution in [0.2, 0.25) is 0 Å². The van der Waals surface area contributed by atoms with Gasteiger partial charge in [0.1, 0.15) is 29.1 Å². The second-order valence-corrected chi connectivity index (χ2v) is 10.8. The van der Waals surface area contributed by atoms with E-state index in [1.807, 2.05) is 30.3 Å². The summed E-state index contributed by atoms with van der Waals surface area (Å²) in [6.07, 6.45) is 9.23. The minimum absolute atomic E-state index is 0.184. The van der Waals surface area contributed by atoms with Gasteiger partial charge in [-0.15, -0.1) is 0 Å². The molecule has 0 radical (unpaired) electrons. The van der Waals surface area contributed by atoms with Gasteiger partial charge in [-0.2, -0.15) is 0 Å². The first-order chi connectivity index (χ1) is 17.5. The van der Waals surface area contributed by atoms with E-state index >= 15 is 0 Å². The molecule has 3 aromatic carbocycles. The number of phenols is 2. The van der Waals surface area contributed by atoms with E-state index < -0.39 is 0 Å². The number of aromatic hydroxyl groups is 2. The van der Waals surface area contributed by atoms with Gasteiger partial charge in [-0.1, -0.05) is 43.5 Å². The zero-order valence-corrected chi connectivity index (χ0v) is 20.9. The van der Waals surface area contributed by atoms with Crippen molar-refractivity contribution < 1.29 is 19.7 Å². The van der Waals surface area contributed by atoms with Crippen molar-refractivity contribution in [2.75, 3.05) is 6.61 Å². The van der Waals surface area contributed by atoms with Gasteiger partial charge in [-0.05, 0) is 97.0 Å². The number of phenolic OH excluding ortho intramolecular Hbond substituents is 2. The van der Waals surface area contributed by atoms with Gasteiger partial charge in [0, 0.05) is 17.2 Å². The topological polar surface area (TPSA) is 58.9 Å². The normalized spacial score (nSPS) is 22.5. The van der Waals surface area contributed by atoms with Crippen molar-refractivity contribution in [1.82, 2.24) is 0 Å². The third kappa shape index (κ3) is 4.13. The maximum Gasteiger partial charge on any atom is 0.150 e. The van der Waals surface area contributed by atoms with Crippen molar-refractivity contribution in [2.45, 2.75) is 58.0 Å². The van der Waals surface area contributed by atoms with Crippen LogP contribution in [0.3, 0.4) is 0 Å². The highest BCUT2D eigenvalue weighted by atomic mass is 16.5. The molecule has 4 heteroatoms. The Morgan fingerprint density at radius 3 is 2.28 bits per heavy atom. The quantitative estimate of drug-likeness (QED) is 0.388. The Kier molecular flexibility index (Phi) is 5.91. The highest BCUT2D eigenvalue weighted by Gasteiger charge is 2.46. The molecule has 36 heavy (non-hydrogen) atoms. The van der Waals surface area contributed by atoms with Crippen LogP contribution >= 0.6 is 0 Å². The Morgan fingerprint density at radius 2 is 1.58 bits per heavy atom. The standard InChI is InChI=1S/C32H34O4/c1-21-28-14-11-26(34)19-29(28)36-31(30(21)22-5-9-25(33)10-6-22)23-7-12-27(13-8-23)35-20-24-15-18-32(24)16-3-2-4-17-32/h5-14,19,24,31,33-34H,2-4,15-18,20H2,1H3/t24?,31-/m0/s1. The lowest BCUT2D eigenvalue weighted by molar-refractivity contribution is -0.0347. The summed E-state index contributed by atoms with van der Waals surface area (Å²) in [6.45, 7) is 2.90. The molecule has 0 saturated heterocycles. The molecule has 1 heterocycles. The molecule has 0 amide bonds. The molecule has 6 rings (SSSR count). The molecule has 1 spiro atoms. The number of hydrogen-bond acceptors (Lipinski definition) is 4. The number of rotatable bonds is 5. The van der Waals surface area contributed by atoms with Crippen LogP contribution in [0, 0.1) is 11.3 Å².